The van der Waals surface area contributed by atoms with Gasteiger partial charge in [-0.15, -0.1) is 0 Å². The van der Waals surface area contributed by atoms with Crippen molar-refractivity contribution in [3.8, 4) is 0 Å². The first-order valence-corrected chi connectivity index (χ1v) is 23.4. The molecule has 400 valence electrons. The number of carbonyl (C=O) groups is 11. The highest BCUT2D eigenvalue weighted by Crippen LogP contribution is 2.20. The van der Waals surface area contributed by atoms with Crippen molar-refractivity contribution in [3.05, 3.63) is 35.9 Å². The number of carboxylic acids is 2. The van der Waals surface area contributed by atoms with Gasteiger partial charge >= 0.3 is 11.9 Å². The molecule has 0 spiro atoms. The van der Waals surface area contributed by atoms with Crippen molar-refractivity contribution in [2.75, 3.05) is 26.2 Å². The molecular formula is C45H71N13O14. The van der Waals surface area contributed by atoms with Crippen LogP contribution in [0.25, 0.3) is 0 Å². The third kappa shape index (κ3) is 20.9. The van der Waals surface area contributed by atoms with Gasteiger partial charge < -0.3 is 80.4 Å². The van der Waals surface area contributed by atoms with Crippen LogP contribution in [0.1, 0.15) is 84.6 Å². The largest absolute Gasteiger partial charge is 0.481 e. The van der Waals surface area contributed by atoms with Crippen LogP contribution in [0.4, 0.5) is 0 Å². The first kappa shape index (κ1) is 60.7. The van der Waals surface area contributed by atoms with Gasteiger partial charge in [-0.2, -0.15) is 0 Å². The number of amides is 9. The average Bonchev–Trinajstić information content (AvgIpc) is 3.81. The van der Waals surface area contributed by atoms with Gasteiger partial charge in [0.05, 0.1) is 19.6 Å². The van der Waals surface area contributed by atoms with Gasteiger partial charge in [-0.3, -0.25) is 52.9 Å². The number of guanidine groups is 1. The number of likely N-dealkylation sites (tertiary alicyclic amines) is 1. The summed E-state index contributed by atoms with van der Waals surface area (Å²) < 4.78 is 0. The van der Waals surface area contributed by atoms with Crippen molar-refractivity contribution < 1.29 is 68.1 Å². The Labute approximate surface area is 416 Å². The van der Waals surface area contributed by atoms with Crippen molar-refractivity contribution in [2.24, 2.45) is 39.8 Å². The first-order chi connectivity index (χ1) is 33.9. The van der Waals surface area contributed by atoms with E-state index in [2.05, 4.69) is 42.2 Å². The number of nitrogens with one attached hydrogen (secondary N) is 7. The summed E-state index contributed by atoms with van der Waals surface area (Å²) in [5.74, 6) is -12.2. The summed E-state index contributed by atoms with van der Waals surface area (Å²) in [4.78, 5) is 149. The van der Waals surface area contributed by atoms with Gasteiger partial charge in [0, 0.05) is 25.9 Å². The van der Waals surface area contributed by atoms with E-state index in [0.717, 1.165) is 4.90 Å². The molecule has 0 saturated carbocycles. The molecule has 9 amide bonds. The number of aliphatic hydroxyl groups excluding tert-OH is 1. The van der Waals surface area contributed by atoms with Gasteiger partial charge in [0.2, 0.25) is 53.2 Å². The topological polar surface area (TPSA) is 452 Å². The molecule has 1 aromatic carbocycles. The molecule has 1 aliphatic heterocycles. The molecular weight excluding hydrogens is 947 g/mol. The number of rotatable bonds is 31. The van der Waals surface area contributed by atoms with Gasteiger partial charge in [-0.25, -0.2) is 4.79 Å². The third-order valence-electron chi connectivity index (χ3n) is 11.2. The Morgan fingerprint density at radius 1 is 0.708 bits per heavy atom. The Balaban J connectivity index is 2.43. The van der Waals surface area contributed by atoms with E-state index < -0.39 is 152 Å². The SMILES string of the molecule is CC(C)C[C@H](NC(=O)CN)C(=O)N[C@@H](CO)C(=O)N1CCC[C@H]1C(=O)N[C@@H](CC(=O)O)C(=O)N[C@@H](CCCN=C(N)N)C(=O)N[C@@H](CCC(N)=O)C(=O)N[C@@H](Cc1ccccc1)C(=O)N[C@H](C(=O)O)C(C)C. The number of aliphatic carboxylic acids is 2. The Hall–Kier alpha value is -7.42. The lowest BCUT2D eigenvalue weighted by molar-refractivity contribution is -0.144. The number of nitrogens with zero attached hydrogens (tertiary/aromatic N) is 2. The maximum Gasteiger partial charge on any atom is 0.326 e. The normalized spacial score (nSPS) is 16.1. The van der Waals surface area contributed by atoms with E-state index in [1.165, 1.54) is 0 Å². The van der Waals surface area contributed by atoms with E-state index >= 15 is 0 Å². The van der Waals surface area contributed by atoms with Gasteiger partial charge in [0.25, 0.3) is 0 Å². The molecule has 0 radical (unpaired) electrons. The molecule has 18 N–H and O–H groups in total. The molecule has 1 saturated heterocycles. The van der Waals surface area contributed by atoms with Gasteiger partial charge in [-0.05, 0) is 55.9 Å². The van der Waals surface area contributed by atoms with Crippen LogP contribution >= 0.6 is 0 Å². The fraction of sp³-hybridized carbons (Fsp3) is 0.600. The Morgan fingerprint density at radius 2 is 1.26 bits per heavy atom. The molecule has 27 nitrogen and oxygen atoms in total. The lowest BCUT2D eigenvalue weighted by Gasteiger charge is -2.30. The second kappa shape index (κ2) is 30.3. The number of carbonyl (C=O) groups excluding carboxylic acids is 9. The zero-order valence-electron chi connectivity index (χ0n) is 40.9. The Morgan fingerprint density at radius 3 is 1.79 bits per heavy atom. The van der Waals surface area contributed by atoms with Crippen molar-refractivity contribution in [1.29, 1.82) is 0 Å². The maximum atomic E-state index is 14.1. The third-order valence-corrected chi connectivity index (χ3v) is 11.2. The van der Waals surface area contributed by atoms with Crippen molar-refractivity contribution in [1.82, 2.24) is 42.1 Å². The second-order valence-corrected chi connectivity index (χ2v) is 17.9. The minimum atomic E-state index is -1.89. The summed E-state index contributed by atoms with van der Waals surface area (Å²) >= 11 is 0. The van der Waals surface area contributed by atoms with Crippen molar-refractivity contribution >= 4 is 71.1 Å². The highest BCUT2D eigenvalue weighted by molar-refractivity contribution is 5.99. The molecule has 0 aliphatic carbocycles. The average molecular weight is 1020 g/mol. The number of hydrogen-bond acceptors (Lipinski definition) is 14. The fourth-order valence-corrected chi connectivity index (χ4v) is 7.54. The van der Waals surface area contributed by atoms with Crippen LogP contribution < -0.4 is 60.2 Å². The standard InChI is InChI=1S/C45H71N13O14/c1-23(2)18-28(51-34(61)21-46)39(66)56-31(22-59)43(70)58-17-9-13-32(58)42(69)55-30(20-35(62)63)40(67)52-26(12-8-16-50-45(48)49)37(64)53-27(14-15-33(47)60)38(65)54-29(19-25-10-6-5-7-11-25)41(68)57-36(24(3)4)44(71)72/h5-7,10-11,23-24,26-32,36,59H,8-9,12-22,46H2,1-4H3,(H2,47,60)(H,51,61)(H,52,67)(H,53,64)(H,54,65)(H,55,69)(H,56,66)(H,57,68)(H,62,63)(H,71,72)(H4,48,49,50)/t26-,27-,28-,29-,30-,31-,32-,36-/m0/s1. The molecule has 1 fully saturated rings. The second-order valence-electron chi connectivity index (χ2n) is 17.9. The summed E-state index contributed by atoms with van der Waals surface area (Å²) in [6.07, 6.45) is -1.90. The number of hydrogen-bond donors (Lipinski definition) is 14. The molecule has 8 atom stereocenters. The highest BCUT2D eigenvalue weighted by atomic mass is 16.4. The Kier molecular flexibility index (Phi) is 25.6. The lowest BCUT2D eigenvalue weighted by Crippen LogP contribution is -2.60. The van der Waals surface area contributed by atoms with E-state index in [0.29, 0.717) is 5.56 Å². The summed E-state index contributed by atoms with van der Waals surface area (Å²) in [6.45, 7) is 5.25. The van der Waals surface area contributed by atoms with Crippen LogP contribution in [0, 0.1) is 11.8 Å². The smallest absolute Gasteiger partial charge is 0.326 e. The molecule has 72 heavy (non-hydrogen) atoms. The molecule has 1 aliphatic rings. The minimum Gasteiger partial charge on any atom is -0.481 e. The zero-order valence-corrected chi connectivity index (χ0v) is 40.9. The van der Waals surface area contributed by atoms with Crippen LogP contribution in [-0.4, -0.2) is 166 Å². The lowest BCUT2D eigenvalue weighted by atomic mass is 10.0. The quantitative estimate of drug-likeness (QED) is 0.0188. The number of nitrogens with two attached hydrogens (primary N) is 4. The monoisotopic (exact) mass is 1020 g/mol. The minimum absolute atomic E-state index is 0.00357. The molecule has 0 aromatic heterocycles. The number of primary amides is 1. The van der Waals surface area contributed by atoms with E-state index in [9.17, 15) is 68.1 Å². The summed E-state index contributed by atoms with van der Waals surface area (Å²) in [6, 6.07) is -3.54. The molecule has 0 bridgehead atoms. The number of benzene rings is 1. The van der Waals surface area contributed by atoms with Gasteiger partial charge in [0.1, 0.15) is 48.3 Å². The zero-order chi connectivity index (χ0) is 54.2. The van der Waals surface area contributed by atoms with E-state index in [1.54, 1.807) is 58.0 Å². The number of carboxylic acid groups (broad SMARTS) is 2. The molecule has 0 unspecified atom stereocenters. The van der Waals surface area contributed by atoms with E-state index in [4.69, 9.17) is 22.9 Å². The predicted octanol–water partition coefficient (Wildman–Crippen LogP) is -4.85. The van der Waals surface area contributed by atoms with E-state index in [1.807, 2.05) is 0 Å². The van der Waals surface area contributed by atoms with Crippen LogP contribution in [0.3, 0.4) is 0 Å². The Bertz CT molecular complexity index is 2100. The number of aliphatic imine (C=N–C) groups is 1. The predicted molar refractivity (Wildman–Crippen MR) is 257 cm³/mol. The van der Waals surface area contributed by atoms with E-state index in [-0.39, 0.29) is 63.5 Å². The molecule has 1 aromatic rings. The van der Waals surface area contributed by atoms with Crippen LogP contribution in [0.2, 0.25) is 0 Å². The summed E-state index contributed by atoms with van der Waals surface area (Å²) in [7, 11) is 0. The van der Waals surface area contributed by atoms with Crippen LogP contribution in [-0.2, 0) is 59.2 Å². The van der Waals surface area contributed by atoms with Gasteiger partial charge in [-0.1, -0.05) is 58.0 Å². The fourth-order valence-electron chi connectivity index (χ4n) is 7.54. The molecule has 27 heteroatoms. The number of aliphatic hydroxyl groups is 1. The maximum absolute atomic E-state index is 14.1. The summed E-state index contributed by atoms with van der Waals surface area (Å²) in [5.41, 5.74) is 22.2. The molecule has 1 heterocycles. The first-order valence-electron chi connectivity index (χ1n) is 23.4. The van der Waals surface area contributed by atoms with Crippen molar-refractivity contribution in [3.63, 3.8) is 0 Å². The highest BCUT2D eigenvalue weighted by Gasteiger charge is 2.40. The van der Waals surface area contributed by atoms with Crippen LogP contribution in [0.5, 0.6) is 0 Å². The van der Waals surface area contributed by atoms with Gasteiger partial charge in [0.15, 0.2) is 5.96 Å². The van der Waals surface area contributed by atoms with Crippen molar-refractivity contribution in [2.45, 2.75) is 134 Å². The van der Waals surface area contributed by atoms with Crippen LogP contribution in [0.15, 0.2) is 35.3 Å². The molecule has 2 rings (SSSR count). The summed E-state index contributed by atoms with van der Waals surface area (Å²) in [5, 5.41) is 46.7.